The van der Waals surface area contributed by atoms with Gasteiger partial charge < -0.3 is 5.32 Å². The van der Waals surface area contributed by atoms with E-state index in [-0.39, 0.29) is 12.0 Å². The molecule has 31 heavy (non-hydrogen) atoms. The van der Waals surface area contributed by atoms with E-state index in [0.717, 1.165) is 12.1 Å². The number of hydrogen-bond acceptors (Lipinski definition) is 3. The zero-order valence-electron chi connectivity index (χ0n) is 16.8. The summed E-state index contributed by atoms with van der Waals surface area (Å²) >= 11 is 0. The molecule has 1 fully saturated rings. The molecule has 0 spiro atoms. The van der Waals surface area contributed by atoms with E-state index in [9.17, 15) is 18.4 Å². The number of nitrogens with one attached hydrogen (secondary N) is 1. The van der Waals surface area contributed by atoms with Gasteiger partial charge in [0, 0.05) is 29.9 Å². The molecule has 1 aliphatic rings. The Morgan fingerprint density at radius 1 is 1.06 bits per heavy atom. The van der Waals surface area contributed by atoms with Crippen molar-refractivity contribution in [1.29, 1.82) is 0 Å². The van der Waals surface area contributed by atoms with Crippen molar-refractivity contribution in [2.75, 3.05) is 4.90 Å². The first-order valence-corrected chi connectivity index (χ1v) is 9.47. The summed E-state index contributed by atoms with van der Waals surface area (Å²) in [5, 5.41) is 6.72. The number of imide groups is 1. The lowest BCUT2D eigenvalue weighted by Gasteiger charge is -2.38. The van der Waals surface area contributed by atoms with Gasteiger partial charge in [0.1, 0.15) is 5.69 Å². The lowest BCUT2D eigenvalue weighted by molar-refractivity contribution is -0.120. The van der Waals surface area contributed by atoms with Crippen LogP contribution in [0, 0.1) is 23.5 Å². The molecule has 0 saturated carbocycles. The summed E-state index contributed by atoms with van der Waals surface area (Å²) in [5.41, 5.74) is -0.363. The molecule has 1 aliphatic heterocycles. The third kappa shape index (κ3) is 3.90. The second-order valence-electron chi connectivity index (χ2n) is 7.48. The maximum Gasteiger partial charge on any atom is 0.329 e. The number of benzene rings is 2. The van der Waals surface area contributed by atoms with Crippen molar-refractivity contribution in [3.8, 4) is 11.8 Å². The Kier molecular flexibility index (Phi) is 5.03. The quantitative estimate of drug-likeness (QED) is 0.646. The smallest absolute Gasteiger partial charge is 0.327 e. The summed E-state index contributed by atoms with van der Waals surface area (Å²) in [4.78, 5) is 26.0. The normalized spacial score (nSPS) is 18.4. The molecule has 6 nitrogen and oxygen atoms in total. The first kappa shape index (κ1) is 20.3. The third-order valence-corrected chi connectivity index (χ3v) is 5.05. The Labute approximate surface area is 177 Å². The highest BCUT2D eigenvalue weighted by molar-refractivity contribution is 6.16. The Bertz CT molecular complexity index is 1200. The standard InChI is InChI=1S/C23H18F2N4O2/c1-23(17-13-26-28(2)14-17)12-20(30)29(22(31)27-23)21-18(24)10-16(11-19(21)25)9-8-15-6-4-3-5-7-15/h3-7,10-11,13-14H,12H2,1-2H3,(H,27,31)/t23-/m0/s1. The number of rotatable bonds is 2. The molecule has 2 heterocycles. The van der Waals surface area contributed by atoms with Crippen LogP contribution in [0.2, 0.25) is 0 Å². The zero-order valence-corrected chi connectivity index (χ0v) is 16.8. The third-order valence-electron chi connectivity index (χ3n) is 5.05. The van der Waals surface area contributed by atoms with Crippen LogP contribution in [-0.2, 0) is 17.4 Å². The first-order valence-electron chi connectivity index (χ1n) is 9.47. The fraction of sp³-hybridized carbons (Fsp3) is 0.174. The number of hydrogen-bond donors (Lipinski definition) is 1. The molecule has 0 unspecified atom stereocenters. The van der Waals surface area contributed by atoms with E-state index >= 15 is 0 Å². The van der Waals surface area contributed by atoms with Gasteiger partial charge in [-0.15, -0.1) is 0 Å². The van der Waals surface area contributed by atoms with Crippen LogP contribution in [0.1, 0.15) is 30.0 Å². The fourth-order valence-corrected chi connectivity index (χ4v) is 3.45. The summed E-state index contributed by atoms with van der Waals surface area (Å²) in [7, 11) is 1.71. The van der Waals surface area contributed by atoms with Crippen LogP contribution >= 0.6 is 0 Å². The van der Waals surface area contributed by atoms with E-state index in [1.807, 2.05) is 6.07 Å². The molecule has 3 amide bonds. The Balaban J connectivity index is 1.63. The molecule has 3 aromatic rings. The molecule has 0 bridgehead atoms. The average molecular weight is 420 g/mol. The van der Waals surface area contributed by atoms with Crippen molar-refractivity contribution in [2.45, 2.75) is 18.9 Å². The van der Waals surface area contributed by atoms with Crippen LogP contribution in [0.4, 0.5) is 19.3 Å². The van der Waals surface area contributed by atoms with E-state index in [2.05, 4.69) is 22.3 Å². The van der Waals surface area contributed by atoms with Crippen LogP contribution < -0.4 is 10.2 Å². The van der Waals surface area contributed by atoms with Crippen molar-refractivity contribution in [1.82, 2.24) is 15.1 Å². The number of amides is 3. The number of carbonyl (C=O) groups excluding carboxylic acids is 2. The topological polar surface area (TPSA) is 67.2 Å². The van der Waals surface area contributed by atoms with E-state index in [1.165, 1.54) is 10.9 Å². The zero-order chi connectivity index (χ0) is 22.2. The largest absolute Gasteiger partial charge is 0.329 e. The van der Waals surface area contributed by atoms with Gasteiger partial charge in [0.25, 0.3) is 0 Å². The van der Waals surface area contributed by atoms with Gasteiger partial charge in [0.15, 0.2) is 11.6 Å². The molecular formula is C23H18F2N4O2. The van der Waals surface area contributed by atoms with E-state index < -0.39 is 34.8 Å². The highest BCUT2D eigenvalue weighted by atomic mass is 19.1. The fourth-order valence-electron chi connectivity index (χ4n) is 3.45. The second kappa shape index (κ2) is 7.69. The Hall–Kier alpha value is -3.99. The number of aromatic nitrogens is 2. The second-order valence-corrected chi connectivity index (χ2v) is 7.48. The highest BCUT2D eigenvalue weighted by Gasteiger charge is 2.44. The Morgan fingerprint density at radius 3 is 2.29 bits per heavy atom. The van der Waals surface area contributed by atoms with Crippen LogP contribution in [0.15, 0.2) is 54.9 Å². The van der Waals surface area contributed by atoms with E-state index in [4.69, 9.17) is 0 Å². The summed E-state index contributed by atoms with van der Waals surface area (Å²) in [6.07, 6.45) is 3.02. The molecule has 0 aliphatic carbocycles. The molecule has 8 heteroatoms. The maximum atomic E-state index is 14.8. The van der Waals surface area contributed by atoms with Crippen molar-refractivity contribution >= 4 is 17.6 Å². The molecular weight excluding hydrogens is 402 g/mol. The summed E-state index contributed by atoms with van der Waals surface area (Å²) in [6, 6.07) is 10.1. The van der Waals surface area contributed by atoms with Crippen molar-refractivity contribution < 1.29 is 18.4 Å². The molecule has 0 radical (unpaired) electrons. The summed E-state index contributed by atoms with van der Waals surface area (Å²) in [6.45, 7) is 1.66. The van der Waals surface area contributed by atoms with Gasteiger partial charge >= 0.3 is 6.03 Å². The molecule has 2 aromatic carbocycles. The van der Waals surface area contributed by atoms with Crippen LogP contribution in [0.25, 0.3) is 0 Å². The molecule has 1 atom stereocenters. The predicted octanol–water partition coefficient (Wildman–Crippen LogP) is 3.46. The lowest BCUT2D eigenvalue weighted by atomic mass is 9.88. The minimum Gasteiger partial charge on any atom is -0.327 e. The number of carbonyl (C=O) groups is 2. The van der Waals surface area contributed by atoms with Crippen LogP contribution in [-0.4, -0.2) is 21.7 Å². The minimum absolute atomic E-state index is 0.0904. The van der Waals surface area contributed by atoms with Gasteiger partial charge in [-0.1, -0.05) is 30.0 Å². The van der Waals surface area contributed by atoms with Crippen molar-refractivity contribution in [2.24, 2.45) is 7.05 Å². The minimum atomic E-state index is -1.05. The SMILES string of the molecule is Cn1cc([C@]2(C)CC(=O)N(c3c(F)cc(C#Cc4ccccc4)cc3F)C(=O)N2)cn1. The first-order chi connectivity index (χ1) is 14.8. The van der Waals surface area contributed by atoms with Gasteiger partial charge in [0.2, 0.25) is 5.91 Å². The molecule has 1 N–H and O–H groups in total. The number of halogens is 2. The van der Waals surface area contributed by atoms with Crippen molar-refractivity contribution in [3.63, 3.8) is 0 Å². The van der Waals surface area contributed by atoms with Gasteiger partial charge in [-0.25, -0.2) is 18.5 Å². The van der Waals surface area contributed by atoms with Crippen molar-refractivity contribution in [3.05, 3.63) is 83.2 Å². The number of urea groups is 1. The predicted molar refractivity (Wildman–Crippen MR) is 110 cm³/mol. The lowest BCUT2D eigenvalue weighted by Crippen LogP contribution is -2.59. The maximum absolute atomic E-state index is 14.8. The van der Waals surface area contributed by atoms with Crippen LogP contribution in [0.3, 0.4) is 0 Å². The van der Waals surface area contributed by atoms with E-state index in [1.54, 1.807) is 44.4 Å². The highest BCUT2D eigenvalue weighted by Crippen LogP contribution is 2.33. The Morgan fingerprint density at radius 2 is 1.71 bits per heavy atom. The monoisotopic (exact) mass is 420 g/mol. The van der Waals surface area contributed by atoms with Gasteiger partial charge in [-0.05, 0) is 31.2 Å². The van der Waals surface area contributed by atoms with Gasteiger partial charge in [-0.2, -0.15) is 5.10 Å². The number of nitrogens with zero attached hydrogens (tertiary/aromatic N) is 3. The average Bonchev–Trinajstić information content (AvgIpc) is 3.16. The number of anilines is 1. The summed E-state index contributed by atoms with van der Waals surface area (Å²) in [5.74, 6) is 2.67. The van der Waals surface area contributed by atoms with Gasteiger partial charge in [0.05, 0.1) is 18.2 Å². The van der Waals surface area contributed by atoms with Crippen LogP contribution in [0.5, 0.6) is 0 Å². The summed E-state index contributed by atoms with van der Waals surface area (Å²) < 4.78 is 31.1. The molecule has 156 valence electrons. The van der Waals surface area contributed by atoms with Gasteiger partial charge in [-0.3, -0.25) is 9.48 Å². The molecule has 4 rings (SSSR count). The number of aryl methyl sites for hydroxylation is 1. The molecule has 1 aromatic heterocycles. The van der Waals surface area contributed by atoms with E-state index in [0.29, 0.717) is 16.0 Å². The molecule has 1 saturated heterocycles.